The largest absolute Gasteiger partial charge is 0.416 e. The minimum absolute atomic E-state index is 0.116. The lowest BCUT2D eigenvalue weighted by molar-refractivity contribution is -0.137. The Bertz CT molecular complexity index is 2930. The topological polar surface area (TPSA) is 64.5 Å². The highest BCUT2D eigenvalue weighted by Gasteiger charge is 2.29. The van der Waals surface area contributed by atoms with Gasteiger partial charge in [-0.25, -0.2) is 40.7 Å². The Balaban J connectivity index is 0.000000457. The van der Waals surface area contributed by atoms with Gasteiger partial charge in [-0.05, 0) is 171 Å². The number of halogens is 10. The molecular weight excluding hydrogens is 1060 g/mol. The van der Waals surface area contributed by atoms with Crippen LogP contribution in [0, 0.1) is 117 Å². The fourth-order valence-corrected chi connectivity index (χ4v) is 5.46. The van der Waals surface area contributed by atoms with E-state index in [9.17, 15) is 43.9 Å². The van der Waals surface area contributed by atoms with E-state index >= 15 is 0 Å². The van der Waals surface area contributed by atoms with Crippen molar-refractivity contribution in [3.8, 4) is 0 Å². The van der Waals surface area contributed by atoms with E-state index < -0.39 is 40.8 Å². The maximum Gasteiger partial charge on any atom is 0.416 e. The SMILES string of the molecule is Cc1c(F)cc(F)cc1F.Cc1ccc(C)c(F)c1.Cc1ccc(F)cc1.Cc1ccc(F)cc1F.Cc1cccc(C(F)(F)F)c1.Cc1ccccc1.Cc1ccccn1.Cc1cccnc1.Cc1ccncc1.Cc1ncccn1. The molecule has 0 amide bonds. The molecule has 4 heterocycles. The molecule has 0 saturated carbocycles. The monoisotopic (exact) mass is 1130 g/mol. The lowest BCUT2D eigenvalue weighted by Crippen LogP contribution is -2.04. The van der Waals surface area contributed by atoms with Gasteiger partial charge in [0.2, 0.25) is 0 Å². The predicted molar refractivity (Wildman–Crippen MR) is 310 cm³/mol. The molecule has 0 aliphatic heterocycles. The Labute approximate surface area is 476 Å². The predicted octanol–water partition coefficient (Wildman–Crippen LogP) is 19.2. The summed E-state index contributed by atoms with van der Waals surface area (Å²) in [5, 5.41) is 0. The Morgan fingerprint density at radius 2 is 0.768 bits per heavy atom. The second kappa shape index (κ2) is 40.3. The first-order valence-corrected chi connectivity index (χ1v) is 25.2. The normalized spacial score (nSPS) is 9.52. The van der Waals surface area contributed by atoms with Gasteiger partial charge in [0.05, 0.1) is 5.56 Å². The van der Waals surface area contributed by atoms with E-state index in [1.54, 1.807) is 88.3 Å². The van der Waals surface area contributed by atoms with Crippen molar-refractivity contribution in [2.75, 3.05) is 0 Å². The van der Waals surface area contributed by atoms with Crippen molar-refractivity contribution in [3.63, 3.8) is 0 Å². The second-order valence-corrected chi connectivity index (χ2v) is 17.8. The van der Waals surface area contributed by atoms with Crippen LogP contribution in [0.1, 0.15) is 67.2 Å². The van der Waals surface area contributed by atoms with Crippen LogP contribution >= 0.6 is 0 Å². The zero-order chi connectivity index (χ0) is 61.5. The van der Waals surface area contributed by atoms with E-state index in [1.165, 1.54) is 60.0 Å². The Hall–Kier alpha value is -8.85. The number of hydrogen-bond donors (Lipinski definition) is 0. The first-order chi connectivity index (χ1) is 38.8. The average molecular weight is 1130 g/mol. The van der Waals surface area contributed by atoms with Gasteiger partial charge in [0.15, 0.2) is 0 Å². The van der Waals surface area contributed by atoms with Crippen molar-refractivity contribution in [2.24, 2.45) is 0 Å². The van der Waals surface area contributed by atoms with Crippen molar-refractivity contribution in [3.05, 3.63) is 327 Å². The highest BCUT2D eigenvalue weighted by molar-refractivity contribution is 5.25. The molecule has 0 spiro atoms. The zero-order valence-corrected chi connectivity index (χ0v) is 47.8. The molecule has 0 N–H and O–H groups in total. The van der Waals surface area contributed by atoms with Crippen LogP contribution in [0.5, 0.6) is 0 Å². The van der Waals surface area contributed by atoms with E-state index in [0.717, 1.165) is 40.8 Å². The third kappa shape index (κ3) is 35.6. The van der Waals surface area contributed by atoms with Crippen LogP contribution in [0.25, 0.3) is 0 Å². The number of alkyl halides is 3. The van der Waals surface area contributed by atoms with Gasteiger partial charge in [-0.15, -0.1) is 0 Å². The van der Waals surface area contributed by atoms with Gasteiger partial charge in [-0.2, -0.15) is 13.2 Å². The number of rotatable bonds is 0. The highest BCUT2D eigenvalue weighted by atomic mass is 19.4. The molecular formula is C67H69F10N5. The van der Waals surface area contributed by atoms with Gasteiger partial charge in [0.25, 0.3) is 0 Å². The van der Waals surface area contributed by atoms with Gasteiger partial charge in [-0.1, -0.05) is 108 Å². The molecule has 15 heteroatoms. The van der Waals surface area contributed by atoms with E-state index in [-0.39, 0.29) is 17.2 Å². The van der Waals surface area contributed by atoms with Gasteiger partial charge in [0, 0.05) is 72.8 Å². The number of benzene rings is 6. The zero-order valence-electron chi connectivity index (χ0n) is 47.8. The molecule has 0 unspecified atom stereocenters. The molecule has 4 aromatic heterocycles. The molecule has 0 atom stereocenters. The summed E-state index contributed by atoms with van der Waals surface area (Å²) in [6.07, 6.45) is 8.20. The van der Waals surface area contributed by atoms with Crippen molar-refractivity contribution in [1.82, 2.24) is 24.9 Å². The standard InChI is InChI=1S/C8H7F3.C8H9F.C7H5F3.C7H6F2.C7H7F.C7H8.3C6H7N.C5H6N2/c1-6-3-2-4-7(5-6)8(9,10)11;1-6-3-4-7(2)8(9)5-6;1-4-6(9)2-5(8)3-7(4)10;1-5-2-3-6(8)4-7(5)9;1-6-2-4-7(8)5-3-6;1-7-5-3-2-4-6-7;1-6-2-4-7-5-3-6;1-6-3-2-4-7-5-6;1-6-4-2-3-5-7-6;1-5-6-3-2-4-7-5/h2-5H,1H3;3-5H,1-2H3;2-3H,1H3;2-4H,1H3;2-5H,1H3;2-6H,1H3;3*2-5H,1H3;2-4H,1H3. The number of nitrogens with zero attached hydrogens (tertiary/aromatic N) is 5. The molecule has 0 saturated heterocycles. The second-order valence-electron chi connectivity index (χ2n) is 17.8. The fourth-order valence-electron chi connectivity index (χ4n) is 5.46. The number of aromatic nitrogens is 5. The minimum atomic E-state index is -4.22. The first kappa shape index (κ1) is 71.2. The average Bonchev–Trinajstić information content (AvgIpc) is 3.47. The summed E-state index contributed by atoms with van der Waals surface area (Å²) in [7, 11) is 0. The first-order valence-electron chi connectivity index (χ1n) is 25.2. The van der Waals surface area contributed by atoms with Crippen molar-refractivity contribution < 1.29 is 43.9 Å². The van der Waals surface area contributed by atoms with Crippen LogP contribution in [0.4, 0.5) is 43.9 Å². The van der Waals surface area contributed by atoms with E-state index in [4.69, 9.17) is 0 Å². The summed E-state index contributed by atoms with van der Waals surface area (Å²) >= 11 is 0. The third-order valence-corrected chi connectivity index (χ3v) is 10.2. The number of pyridine rings is 3. The van der Waals surface area contributed by atoms with E-state index in [0.29, 0.717) is 28.8 Å². The maximum atomic E-state index is 12.6. The summed E-state index contributed by atoms with van der Waals surface area (Å²) in [5.74, 6) is -3.07. The highest BCUT2D eigenvalue weighted by Crippen LogP contribution is 2.29. The van der Waals surface area contributed by atoms with Crippen LogP contribution in [0.3, 0.4) is 0 Å². The molecule has 5 nitrogen and oxygen atoms in total. The van der Waals surface area contributed by atoms with Gasteiger partial charge < -0.3 is 0 Å². The molecule has 0 aliphatic carbocycles. The number of hydrogen-bond acceptors (Lipinski definition) is 5. The quantitative estimate of drug-likeness (QED) is 0.142. The van der Waals surface area contributed by atoms with Crippen molar-refractivity contribution in [1.29, 1.82) is 0 Å². The lowest BCUT2D eigenvalue weighted by Gasteiger charge is -2.05. The van der Waals surface area contributed by atoms with E-state index in [2.05, 4.69) is 44.0 Å². The van der Waals surface area contributed by atoms with E-state index in [1.807, 2.05) is 114 Å². The molecule has 0 bridgehead atoms. The summed E-state index contributed by atoms with van der Waals surface area (Å²) < 4.78 is 122. The van der Waals surface area contributed by atoms with Crippen LogP contribution in [0.2, 0.25) is 0 Å². The molecule has 10 aromatic rings. The van der Waals surface area contributed by atoms with Crippen LogP contribution in [0.15, 0.2) is 219 Å². The summed E-state index contributed by atoms with van der Waals surface area (Å²) in [6.45, 7) is 20.0. The fraction of sp³-hybridized carbons (Fsp3) is 0.179. The van der Waals surface area contributed by atoms with Gasteiger partial charge in [-0.3, -0.25) is 15.0 Å². The van der Waals surface area contributed by atoms with Crippen LogP contribution < -0.4 is 0 Å². The third-order valence-electron chi connectivity index (χ3n) is 10.2. The Morgan fingerprint density at radius 1 is 0.305 bits per heavy atom. The molecule has 0 aliphatic rings. The minimum Gasteiger partial charge on any atom is -0.265 e. The lowest BCUT2D eigenvalue weighted by atomic mass is 10.1. The molecule has 0 radical (unpaired) electrons. The van der Waals surface area contributed by atoms with Crippen molar-refractivity contribution in [2.45, 2.75) is 82.3 Å². The molecule has 6 aromatic carbocycles. The molecule has 82 heavy (non-hydrogen) atoms. The van der Waals surface area contributed by atoms with Crippen LogP contribution in [-0.2, 0) is 6.18 Å². The summed E-state index contributed by atoms with van der Waals surface area (Å²) in [4.78, 5) is 19.4. The maximum absolute atomic E-state index is 12.6. The summed E-state index contributed by atoms with van der Waals surface area (Å²) in [5.41, 5.74) is 7.99. The van der Waals surface area contributed by atoms with Gasteiger partial charge >= 0.3 is 6.18 Å². The molecule has 0 fully saturated rings. The smallest absolute Gasteiger partial charge is 0.265 e. The van der Waals surface area contributed by atoms with Crippen molar-refractivity contribution >= 4 is 0 Å². The summed E-state index contributed by atoms with van der Waals surface area (Å²) in [6, 6.07) is 47.5. The van der Waals surface area contributed by atoms with Gasteiger partial charge in [0.1, 0.15) is 46.5 Å². The number of aryl methyl sites for hydroxylation is 10. The Morgan fingerprint density at radius 3 is 1.11 bits per heavy atom. The molecule has 432 valence electrons. The van der Waals surface area contributed by atoms with Crippen LogP contribution in [-0.4, -0.2) is 24.9 Å². The Kier molecular flexibility index (Phi) is 35.0. The molecule has 10 rings (SSSR count).